The standard InChI is InChI=1S/C19H28O2Si.C16H20O2.C15H25O5P.C15H18O2.C8H14OSi.CH2O3.CH4O.2Cs.Na.H/c1-21-19(20)17-15-13-11-9-7-5-6-8-10-12-14-16-18-22(2,3)4;1-3-4-5-6-7-8-9-10-11-12-13-14-15-16(17)18-2;1-4-19-21(17,20-5-2)14-12-10-8-6-7-9-11-13-15(16)18-3;1-2-3-4-5-6-7-8-9-10-11-12-13-14-15(16)17;1-10(2,3)8-6-4-5-7-9;2-1-4-3;1-2;;;;/h5-6,8,10H,11-15,17H2,1-4H3;1,6-9H,4-5,12-15H2,2H3;10,12H,4-5,7,9,11,13-14H2,1-3H3;1,5-8H,3-4,11-14H2,(H,16,17);7H,4-5H2,1-3H3;1,3H;2H,1H3;;;;/q;;;;;;;3*+1;-1/p-2/b6-5+,10-8+;7-6+,9-8+;12-10+;6-5+,8-7+;;;;;;;. The van der Waals surface area contributed by atoms with Crippen molar-refractivity contribution in [3.63, 3.8) is 0 Å². The fourth-order valence-electron chi connectivity index (χ4n) is 5.65. The molecule has 0 aromatic carbocycles. The van der Waals surface area contributed by atoms with Crippen molar-refractivity contribution < 1.29 is 246 Å². The van der Waals surface area contributed by atoms with Crippen LogP contribution >= 0.6 is 7.60 Å². The first-order valence-electron chi connectivity index (χ1n) is 31.4. The van der Waals surface area contributed by atoms with E-state index < -0.39 is 29.7 Å². The molecule has 0 rings (SSSR count). The van der Waals surface area contributed by atoms with Crippen LogP contribution < -0.4 is 178 Å². The second kappa shape index (κ2) is 97.5. The Kier molecular flexibility index (Phi) is 116. The van der Waals surface area contributed by atoms with Crippen molar-refractivity contribution >= 4 is 60.4 Å². The van der Waals surface area contributed by atoms with Gasteiger partial charge in [-0.2, -0.15) is 0 Å². The summed E-state index contributed by atoms with van der Waals surface area (Å²) in [6, 6.07) is 0. The van der Waals surface area contributed by atoms with Crippen molar-refractivity contribution in [1.82, 2.24) is 0 Å². The van der Waals surface area contributed by atoms with E-state index in [1.165, 1.54) is 21.3 Å². The van der Waals surface area contributed by atoms with E-state index in [1.807, 2.05) is 60.8 Å². The number of aliphatic hydroxyl groups is 1. The number of carboxylic acids is 1. The van der Waals surface area contributed by atoms with Gasteiger partial charge in [0.2, 0.25) is 0 Å². The Balaban J connectivity index is -0.000000105. The molecule has 0 atom stereocenters. The number of methoxy groups -OCH3 is 3. The zero-order chi connectivity index (χ0) is 72.4. The Morgan fingerprint density at radius 2 is 0.794 bits per heavy atom. The first-order chi connectivity index (χ1) is 45.1. The Morgan fingerprint density at radius 1 is 0.485 bits per heavy atom. The van der Waals surface area contributed by atoms with Crippen molar-refractivity contribution in [3.8, 4) is 95.0 Å². The second-order valence-electron chi connectivity index (χ2n) is 20.6. The number of carbonyl (C=O) groups is 6. The number of carboxylic acid groups (broad SMARTS) is 1. The molecule has 0 saturated carbocycles. The Hall–Kier alpha value is -2.71. The third-order valence-electron chi connectivity index (χ3n) is 9.98. The Bertz CT molecular complexity index is 2730. The number of carbonyl (C=O) groups excluding carboxylic acids is 6. The maximum atomic E-state index is 12.1. The van der Waals surface area contributed by atoms with E-state index in [1.54, 1.807) is 32.1 Å². The summed E-state index contributed by atoms with van der Waals surface area (Å²) in [6.07, 6.45) is 55.6. The van der Waals surface area contributed by atoms with Crippen LogP contribution in [0.15, 0.2) is 85.1 Å². The van der Waals surface area contributed by atoms with Gasteiger partial charge in [0.25, 0.3) is 6.47 Å². The molecule has 16 nitrogen and oxygen atoms in total. The zero-order valence-corrected chi connectivity index (χ0v) is 79.0. The molecule has 0 amide bonds. The van der Waals surface area contributed by atoms with Gasteiger partial charge in [0.1, 0.15) is 22.4 Å². The van der Waals surface area contributed by atoms with Gasteiger partial charge in [-0.1, -0.05) is 147 Å². The van der Waals surface area contributed by atoms with E-state index in [0.717, 1.165) is 129 Å². The van der Waals surface area contributed by atoms with Crippen LogP contribution in [0.25, 0.3) is 0 Å². The number of aliphatic carboxylic acids is 1. The van der Waals surface area contributed by atoms with Gasteiger partial charge in [0.15, 0.2) is 0 Å². The van der Waals surface area contributed by atoms with Crippen molar-refractivity contribution in [2.75, 3.05) is 47.8 Å². The van der Waals surface area contributed by atoms with Gasteiger partial charge in [-0.3, -0.25) is 23.7 Å². The number of hydrogen-bond acceptors (Lipinski definition) is 16. The summed E-state index contributed by atoms with van der Waals surface area (Å²) < 4.78 is 36.1. The Labute approximate surface area is 730 Å². The fourth-order valence-corrected chi connectivity index (χ4v) is 8.40. The number of aliphatic hydroxyl groups excluding tert-OH is 1. The number of rotatable bonds is 34. The normalized spacial score (nSPS) is 9.81. The number of unbranched alkanes of at least 4 members (excludes halogenated alkanes) is 12. The molecule has 1 N–H and O–H groups in total. The summed E-state index contributed by atoms with van der Waals surface area (Å²) in [5.41, 5.74) is 6.54. The molecule has 0 aromatic rings. The molecule has 0 bridgehead atoms. The molecular formula is C75H110Cs2NaO16PSi2. The number of terminal acetylenes is 2. The molecule has 97 heavy (non-hydrogen) atoms. The average Bonchev–Trinajstić information content (AvgIpc) is 1.16. The molecule has 0 heterocycles. The fraction of sp³-hybridized carbons (Fsp3) is 0.520. The largest absolute Gasteiger partial charge is 1.00 e. The van der Waals surface area contributed by atoms with Gasteiger partial charge in [0, 0.05) is 90.1 Å². The van der Waals surface area contributed by atoms with E-state index >= 15 is 0 Å². The van der Waals surface area contributed by atoms with Gasteiger partial charge < -0.3 is 54.6 Å². The van der Waals surface area contributed by atoms with E-state index in [9.17, 15) is 33.6 Å². The van der Waals surface area contributed by atoms with Gasteiger partial charge in [-0.25, -0.2) is 0 Å². The number of esters is 3. The van der Waals surface area contributed by atoms with Crippen LogP contribution in [0.3, 0.4) is 0 Å². The molecule has 0 unspecified atom stereocenters. The minimum absolute atomic E-state index is 0. The molecule has 0 aliphatic carbocycles. The van der Waals surface area contributed by atoms with Gasteiger partial charge in [0.05, 0.1) is 40.7 Å². The smallest absolute Gasteiger partial charge is 1.00 e. The Morgan fingerprint density at radius 3 is 1.07 bits per heavy atom. The van der Waals surface area contributed by atoms with Crippen molar-refractivity contribution in [2.45, 2.75) is 207 Å². The van der Waals surface area contributed by atoms with E-state index in [0.29, 0.717) is 45.3 Å². The predicted octanol–water partition coefficient (Wildman–Crippen LogP) is 4.13. The van der Waals surface area contributed by atoms with Gasteiger partial charge in [-0.15, -0.1) is 47.6 Å². The van der Waals surface area contributed by atoms with Crippen molar-refractivity contribution in [1.29, 1.82) is 0 Å². The summed E-state index contributed by atoms with van der Waals surface area (Å²) in [5.74, 6) is 33.6. The van der Waals surface area contributed by atoms with Crippen LogP contribution in [-0.2, 0) is 61.5 Å². The van der Waals surface area contributed by atoms with Crippen molar-refractivity contribution in [2.24, 2.45) is 0 Å². The third-order valence-corrected chi connectivity index (χ3v) is 13.8. The molecule has 0 radical (unpaired) electrons. The first kappa shape index (κ1) is 115. The summed E-state index contributed by atoms with van der Waals surface area (Å²) >= 11 is 0. The van der Waals surface area contributed by atoms with E-state index in [-0.39, 0.29) is 206 Å². The van der Waals surface area contributed by atoms with Crippen LogP contribution in [0.2, 0.25) is 39.3 Å². The van der Waals surface area contributed by atoms with Gasteiger partial charge in [-0.05, 0) is 115 Å². The third kappa shape index (κ3) is 127. The maximum Gasteiger partial charge on any atom is 1.00 e. The quantitative estimate of drug-likeness (QED) is 0.00910. The average molecular weight is 1640 g/mol. The van der Waals surface area contributed by atoms with Crippen LogP contribution in [-0.4, -0.2) is 106 Å². The van der Waals surface area contributed by atoms with Crippen LogP contribution in [0.1, 0.15) is 169 Å². The molecule has 0 aliphatic heterocycles. The van der Waals surface area contributed by atoms with E-state index in [2.05, 4.69) is 147 Å². The summed E-state index contributed by atoms with van der Waals surface area (Å²) in [5, 5.41) is 25.5. The SMILES string of the molecule is C#CCC/C=C/C=C/C#CCCCCC(=O)OC.C#CCC/C=C/C=C/C#CCCCCC(=O)[O-].CCOP(=O)(C/C=C/C#CCCCCC(=O)OC)OCC.CO.COC(=O)CCCCC#C/C=C/C=C/CCC#C[Si](C)(C)C.C[Si](C)(C)C#CCCC=O.O=CO[O-].[Cs+].[Cs+].[H-].[Na+]. The molecule has 22 heteroatoms. The number of aldehydes is 1. The summed E-state index contributed by atoms with van der Waals surface area (Å²) in [7, 11) is -0.192. The number of hydrogen-bond donors (Lipinski definition) is 1. The molecule has 0 spiro atoms. The molecule has 0 aliphatic rings. The monoisotopic (exact) mass is 1640 g/mol. The number of ether oxygens (including phenoxy) is 3. The van der Waals surface area contributed by atoms with Crippen LogP contribution in [0, 0.1) is 95.0 Å². The zero-order valence-electron chi connectivity index (χ0n) is 62.5. The topological polar surface area (TPSA) is 241 Å². The molecule has 522 valence electrons. The maximum absolute atomic E-state index is 12.1. The summed E-state index contributed by atoms with van der Waals surface area (Å²) in [4.78, 5) is 63.8. The number of allylic oxidation sites excluding steroid dienone is 14. The molecule has 0 aromatic heterocycles. The summed E-state index contributed by atoms with van der Waals surface area (Å²) in [6.45, 7) is 17.5. The second-order valence-corrected chi connectivity index (χ2v) is 32.2. The first-order valence-corrected chi connectivity index (χ1v) is 40.1. The minimum atomic E-state index is -3.01. The van der Waals surface area contributed by atoms with Crippen LogP contribution in [0.4, 0.5) is 0 Å². The minimum Gasteiger partial charge on any atom is -1.00 e. The molecule has 0 fully saturated rings. The van der Waals surface area contributed by atoms with Crippen molar-refractivity contribution in [3.05, 3.63) is 85.1 Å². The molecule has 0 saturated heterocycles. The molecular weight excluding hydrogens is 1530 g/mol. The van der Waals surface area contributed by atoms with E-state index in [4.69, 9.17) is 37.1 Å². The van der Waals surface area contributed by atoms with Gasteiger partial charge >= 0.3 is 193 Å². The predicted molar refractivity (Wildman–Crippen MR) is 385 cm³/mol. The van der Waals surface area contributed by atoms with Crippen LogP contribution in [0.5, 0.6) is 0 Å².